The molecule has 0 aromatic heterocycles. The van der Waals surface area contributed by atoms with Crippen LogP contribution in [0.25, 0.3) is 0 Å². The van der Waals surface area contributed by atoms with Crippen LogP contribution < -0.4 is 19.5 Å². The number of rotatable bonds is 8. The molecule has 1 heterocycles. The maximum absolute atomic E-state index is 14.2. The summed E-state index contributed by atoms with van der Waals surface area (Å²) >= 11 is 0. The second-order valence-corrected chi connectivity index (χ2v) is 8.13. The van der Waals surface area contributed by atoms with Crippen LogP contribution in [-0.4, -0.2) is 45.3 Å². The van der Waals surface area contributed by atoms with Crippen LogP contribution in [0.3, 0.4) is 0 Å². The third-order valence-electron chi connectivity index (χ3n) is 5.93. The van der Waals surface area contributed by atoms with Gasteiger partial charge in [-0.15, -0.1) is 0 Å². The number of methoxy groups -OCH3 is 2. The summed E-state index contributed by atoms with van der Waals surface area (Å²) < 4.78 is 31.8. The molecule has 6 heteroatoms. The summed E-state index contributed by atoms with van der Waals surface area (Å²) in [6.07, 6.45) is 1.03. The molecule has 0 bridgehead atoms. The molecule has 1 aliphatic heterocycles. The molecular weight excluding hydrogens is 419 g/mol. The van der Waals surface area contributed by atoms with Crippen molar-refractivity contribution in [1.29, 1.82) is 0 Å². The summed E-state index contributed by atoms with van der Waals surface area (Å²) in [6, 6.07) is 20.6. The van der Waals surface area contributed by atoms with E-state index in [-0.39, 0.29) is 11.9 Å². The summed E-state index contributed by atoms with van der Waals surface area (Å²) in [4.78, 5) is 2.38. The van der Waals surface area contributed by atoms with Crippen LogP contribution in [0.5, 0.6) is 17.2 Å². The summed E-state index contributed by atoms with van der Waals surface area (Å²) in [5.41, 5.74) is 2.93. The van der Waals surface area contributed by atoms with Gasteiger partial charge in [0.2, 0.25) is 5.75 Å². The lowest BCUT2D eigenvalue weighted by atomic mass is 9.95. The van der Waals surface area contributed by atoms with Crippen LogP contribution in [0.4, 0.5) is 4.39 Å². The highest BCUT2D eigenvalue weighted by Gasteiger charge is 2.26. The van der Waals surface area contributed by atoms with Crippen molar-refractivity contribution in [2.75, 3.05) is 40.4 Å². The van der Waals surface area contributed by atoms with Crippen molar-refractivity contribution in [2.45, 2.75) is 19.1 Å². The lowest BCUT2D eigenvalue weighted by molar-refractivity contribution is 0.237. The predicted molar refractivity (Wildman–Crippen MR) is 128 cm³/mol. The Hall–Kier alpha value is -3.09. The molecule has 1 saturated heterocycles. The van der Waals surface area contributed by atoms with Crippen molar-refractivity contribution >= 4 is 0 Å². The van der Waals surface area contributed by atoms with E-state index in [9.17, 15) is 4.39 Å². The SMILES string of the molecule is COc1cc(C(c2cccc(F)c2)N2CCCNCC2)cc(OC)c1OCc1ccccc1. The van der Waals surface area contributed by atoms with Gasteiger partial charge in [0.15, 0.2) is 11.5 Å². The Balaban J connectivity index is 1.73. The van der Waals surface area contributed by atoms with Crippen molar-refractivity contribution < 1.29 is 18.6 Å². The average Bonchev–Trinajstić information content (AvgIpc) is 3.13. The zero-order valence-corrected chi connectivity index (χ0v) is 19.2. The van der Waals surface area contributed by atoms with E-state index < -0.39 is 0 Å². The molecule has 1 atom stereocenters. The van der Waals surface area contributed by atoms with Gasteiger partial charge in [0.05, 0.1) is 20.3 Å². The van der Waals surface area contributed by atoms with Gasteiger partial charge < -0.3 is 19.5 Å². The molecule has 1 N–H and O–H groups in total. The van der Waals surface area contributed by atoms with Gasteiger partial charge in [0, 0.05) is 19.6 Å². The third kappa shape index (κ3) is 5.64. The van der Waals surface area contributed by atoms with E-state index in [1.165, 1.54) is 6.07 Å². The predicted octanol–water partition coefficient (Wildman–Crippen LogP) is 4.81. The second-order valence-electron chi connectivity index (χ2n) is 8.13. The summed E-state index contributed by atoms with van der Waals surface area (Å²) in [6.45, 7) is 4.03. The van der Waals surface area contributed by atoms with Crippen LogP contribution >= 0.6 is 0 Å². The molecule has 5 nitrogen and oxygen atoms in total. The van der Waals surface area contributed by atoms with Gasteiger partial charge in [0.1, 0.15) is 12.4 Å². The van der Waals surface area contributed by atoms with Crippen molar-refractivity contribution in [1.82, 2.24) is 10.2 Å². The van der Waals surface area contributed by atoms with E-state index in [1.54, 1.807) is 26.4 Å². The fraction of sp³-hybridized carbons (Fsp3) is 0.333. The fourth-order valence-electron chi connectivity index (χ4n) is 4.35. The highest BCUT2D eigenvalue weighted by molar-refractivity contribution is 5.55. The zero-order chi connectivity index (χ0) is 23.0. The van der Waals surface area contributed by atoms with Crippen molar-refractivity contribution in [3.05, 3.63) is 89.2 Å². The van der Waals surface area contributed by atoms with Crippen molar-refractivity contribution in [2.24, 2.45) is 0 Å². The molecular formula is C27H31FN2O3. The Labute approximate surface area is 195 Å². The maximum atomic E-state index is 14.2. The van der Waals surface area contributed by atoms with E-state index >= 15 is 0 Å². The van der Waals surface area contributed by atoms with Gasteiger partial charge in [-0.3, -0.25) is 4.90 Å². The topological polar surface area (TPSA) is 43.0 Å². The molecule has 3 aromatic carbocycles. The average molecular weight is 451 g/mol. The Morgan fingerprint density at radius 3 is 2.33 bits per heavy atom. The standard InChI is InChI=1S/C27H31FN2O3/c1-31-24-17-22(18-25(32-2)27(24)33-19-20-8-4-3-5-9-20)26(21-10-6-11-23(28)16-21)30-14-7-12-29-13-15-30/h3-6,8-11,16-18,26,29H,7,12-15,19H2,1-2H3. The first-order valence-electron chi connectivity index (χ1n) is 11.3. The molecule has 0 radical (unpaired) electrons. The van der Waals surface area contributed by atoms with E-state index in [0.29, 0.717) is 23.9 Å². The quantitative estimate of drug-likeness (QED) is 0.534. The first-order valence-corrected chi connectivity index (χ1v) is 11.3. The summed E-state index contributed by atoms with van der Waals surface area (Å²) in [5, 5.41) is 3.45. The number of ether oxygens (including phenoxy) is 3. The lowest BCUT2D eigenvalue weighted by Crippen LogP contribution is -2.33. The Kier molecular flexibility index (Phi) is 7.81. The minimum Gasteiger partial charge on any atom is -0.493 e. The molecule has 4 rings (SSSR count). The highest BCUT2D eigenvalue weighted by atomic mass is 19.1. The van der Waals surface area contributed by atoms with Crippen LogP contribution in [0, 0.1) is 5.82 Å². The fourth-order valence-corrected chi connectivity index (χ4v) is 4.35. The van der Waals surface area contributed by atoms with Crippen LogP contribution in [0.1, 0.15) is 29.2 Å². The van der Waals surface area contributed by atoms with E-state index in [1.807, 2.05) is 48.5 Å². The minimum absolute atomic E-state index is 0.133. The summed E-state index contributed by atoms with van der Waals surface area (Å²) in [7, 11) is 3.25. The first kappa shape index (κ1) is 23.1. The molecule has 0 aliphatic carbocycles. The molecule has 0 spiro atoms. The largest absolute Gasteiger partial charge is 0.493 e. The maximum Gasteiger partial charge on any atom is 0.203 e. The minimum atomic E-state index is -0.243. The molecule has 33 heavy (non-hydrogen) atoms. The number of halogens is 1. The Morgan fingerprint density at radius 1 is 0.879 bits per heavy atom. The number of hydrogen-bond acceptors (Lipinski definition) is 5. The summed E-state index contributed by atoms with van der Waals surface area (Å²) in [5.74, 6) is 1.50. The van der Waals surface area contributed by atoms with Gasteiger partial charge in [-0.2, -0.15) is 0 Å². The van der Waals surface area contributed by atoms with Crippen molar-refractivity contribution in [3.63, 3.8) is 0 Å². The molecule has 1 unspecified atom stereocenters. The Morgan fingerprint density at radius 2 is 1.64 bits per heavy atom. The van der Waals surface area contributed by atoms with E-state index in [0.717, 1.165) is 49.3 Å². The monoisotopic (exact) mass is 450 g/mol. The number of benzene rings is 3. The Bertz CT molecular complexity index is 1010. The van der Waals surface area contributed by atoms with E-state index in [2.05, 4.69) is 10.2 Å². The van der Waals surface area contributed by atoms with Gasteiger partial charge in [-0.1, -0.05) is 42.5 Å². The highest BCUT2D eigenvalue weighted by Crippen LogP contribution is 2.43. The van der Waals surface area contributed by atoms with Gasteiger partial charge >= 0.3 is 0 Å². The van der Waals surface area contributed by atoms with Gasteiger partial charge in [-0.05, 0) is 53.9 Å². The molecule has 0 amide bonds. The molecule has 174 valence electrons. The van der Waals surface area contributed by atoms with E-state index in [4.69, 9.17) is 14.2 Å². The van der Waals surface area contributed by atoms with Gasteiger partial charge in [-0.25, -0.2) is 4.39 Å². The lowest BCUT2D eigenvalue weighted by Gasteiger charge is -2.32. The van der Waals surface area contributed by atoms with Crippen LogP contribution in [0.15, 0.2) is 66.7 Å². The number of nitrogens with one attached hydrogen (secondary N) is 1. The van der Waals surface area contributed by atoms with Gasteiger partial charge in [0.25, 0.3) is 0 Å². The smallest absolute Gasteiger partial charge is 0.203 e. The molecule has 0 saturated carbocycles. The number of hydrogen-bond donors (Lipinski definition) is 1. The van der Waals surface area contributed by atoms with Crippen LogP contribution in [-0.2, 0) is 6.61 Å². The molecule has 1 fully saturated rings. The number of nitrogens with zero attached hydrogens (tertiary/aromatic N) is 1. The van der Waals surface area contributed by atoms with Crippen LogP contribution in [0.2, 0.25) is 0 Å². The second kappa shape index (κ2) is 11.2. The van der Waals surface area contributed by atoms with Crippen molar-refractivity contribution in [3.8, 4) is 17.2 Å². The normalized spacial score (nSPS) is 15.5. The molecule has 1 aliphatic rings. The molecule has 3 aromatic rings. The first-order chi connectivity index (χ1) is 16.2. The third-order valence-corrected chi connectivity index (χ3v) is 5.93. The zero-order valence-electron chi connectivity index (χ0n) is 19.2.